The van der Waals surface area contributed by atoms with E-state index in [0.29, 0.717) is 31.6 Å². The summed E-state index contributed by atoms with van der Waals surface area (Å²) < 4.78 is 6.99. The molecule has 1 aromatic heterocycles. The number of fused-ring (bicyclic) bond motifs is 1. The van der Waals surface area contributed by atoms with Crippen LogP contribution in [0.5, 0.6) is 5.75 Å². The van der Waals surface area contributed by atoms with Gasteiger partial charge in [-0.25, -0.2) is 0 Å². The van der Waals surface area contributed by atoms with Gasteiger partial charge in [-0.15, -0.1) is 0 Å². The lowest BCUT2D eigenvalue weighted by molar-refractivity contribution is -0.121. The number of nitrogens with zero attached hydrogens (tertiary/aromatic N) is 1. The molecular weight excluding hydrogens is 354 g/mol. The highest BCUT2D eigenvalue weighted by atomic mass is 16.5. The van der Waals surface area contributed by atoms with E-state index in [0.717, 1.165) is 22.2 Å². The SMILES string of the molecule is COc1ccc(CCC(=O)NCCNC(=O)c2cc3ccccc3n2C)cc1. The number of nitrogens with one attached hydrogen (secondary N) is 2. The highest BCUT2D eigenvalue weighted by molar-refractivity contribution is 5.98. The number of aryl methyl sites for hydroxylation is 2. The van der Waals surface area contributed by atoms with Gasteiger partial charge in [0, 0.05) is 37.5 Å². The summed E-state index contributed by atoms with van der Waals surface area (Å²) >= 11 is 0. The Morgan fingerprint density at radius 1 is 1.00 bits per heavy atom. The van der Waals surface area contributed by atoms with Gasteiger partial charge in [0.15, 0.2) is 0 Å². The van der Waals surface area contributed by atoms with Gasteiger partial charge in [-0.05, 0) is 36.2 Å². The van der Waals surface area contributed by atoms with Crippen LogP contribution in [0.1, 0.15) is 22.5 Å². The molecule has 146 valence electrons. The Balaban J connectivity index is 1.40. The molecule has 0 bridgehead atoms. The molecule has 0 aliphatic carbocycles. The monoisotopic (exact) mass is 379 g/mol. The fourth-order valence-electron chi connectivity index (χ4n) is 3.11. The molecule has 0 saturated carbocycles. The number of aromatic nitrogens is 1. The smallest absolute Gasteiger partial charge is 0.267 e. The van der Waals surface area contributed by atoms with Crippen LogP contribution in [0.25, 0.3) is 10.9 Å². The van der Waals surface area contributed by atoms with Crippen LogP contribution in [0.2, 0.25) is 0 Å². The van der Waals surface area contributed by atoms with Crippen molar-refractivity contribution < 1.29 is 14.3 Å². The van der Waals surface area contributed by atoms with Crippen LogP contribution in [0.3, 0.4) is 0 Å². The molecule has 0 aliphatic heterocycles. The predicted molar refractivity (Wildman–Crippen MR) is 110 cm³/mol. The molecule has 28 heavy (non-hydrogen) atoms. The van der Waals surface area contributed by atoms with Crippen LogP contribution < -0.4 is 15.4 Å². The van der Waals surface area contributed by atoms with Crippen molar-refractivity contribution in [2.75, 3.05) is 20.2 Å². The summed E-state index contributed by atoms with van der Waals surface area (Å²) in [5.74, 6) is 0.621. The van der Waals surface area contributed by atoms with E-state index in [1.807, 2.05) is 66.2 Å². The van der Waals surface area contributed by atoms with Gasteiger partial charge in [-0.1, -0.05) is 30.3 Å². The normalized spacial score (nSPS) is 10.6. The largest absolute Gasteiger partial charge is 0.497 e. The van der Waals surface area contributed by atoms with E-state index in [9.17, 15) is 9.59 Å². The van der Waals surface area contributed by atoms with Crippen LogP contribution >= 0.6 is 0 Å². The quantitative estimate of drug-likeness (QED) is 0.591. The number of carbonyl (C=O) groups is 2. The molecule has 0 radical (unpaired) electrons. The van der Waals surface area contributed by atoms with Gasteiger partial charge in [-0.2, -0.15) is 0 Å². The molecule has 2 amide bonds. The average molecular weight is 379 g/mol. The van der Waals surface area contributed by atoms with E-state index < -0.39 is 0 Å². The Labute approximate surface area is 164 Å². The number of amides is 2. The van der Waals surface area contributed by atoms with E-state index in [2.05, 4.69) is 10.6 Å². The predicted octanol–water partition coefficient (Wildman–Crippen LogP) is 2.67. The first-order chi connectivity index (χ1) is 13.6. The molecule has 3 rings (SSSR count). The van der Waals surface area contributed by atoms with Crippen molar-refractivity contribution in [1.82, 2.24) is 15.2 Å². The minimum Gasteiger partial charge on any atom is -0.497 e. The Morgan fingerprint density at radius 2 is 1.71 bits per heavy atom. The van der Waals surface area contributed by atoms with Gasteiger partial charge in [0.25, 0.3) is 5.91 Å². The molecule has 0 atom stereocenters. The second kappa shape index (κ2) is 9.08. The van der Waals surface area contributed by atoms with Crippen molar-refractivity contribution in [3.05, 3.63) is 65.9 Å². The zero-order valence-electron chi connectivity index (χ0n) is 16.2. The molecule has 0 aliphatic rings. The van der Waals surface area contributed by atoms with Gasteiger partial charge < -0.3 is 19.9 Å². The van der Waals surface area contributed by atoms with E-state index in [4.69, 9.17) is 4.74 Å². The minimum atomic E-state index is -0.147. The zero-order chi connectivity index (χ0) is 19.9. The van der Waals surface area contributed by atoms with Crippen molar-refractivity contribution in [2.24, 2.45) is 7.05 Å². The van der Waals surface area contributed by atoms with Crippen LogP contribution in [0.4, 0.5) is 0 Å². The molecule has 6 nitrogen and oxygen atoms in total. The first-order valence-electron chi connectivity index (χ1n) is 9.31. The van der Waals surface area contributed by atoms with Crippen LogP contribution in [0.15, 0.2) is 54.6 Å². The molecule has 0 saturated heterocycles. The maximum absolute atomic E-state index is 12.4. The Morgan fingerprint density at radius 3 is 2.43 bits per heavy atom. The summed E-state index contributed by atoms with van der Waals surface area (Å²) in [4.78, 5) is 24.4. The van der Waals surface area contributed by atoms with Gasteiger partial charge in [0.2, 0.25) is 5.91 Å². The molecule has 1 heterocycles. The molecule has 0 fully saturated rings. The summed E-state index contributed by atoms with van der Waals surface area (Å²) in [5, 5.41) is 6.72. The number of hydrogen-bond donors (Lipinski definition) is 2. The Bertz CT molecular complexity index is 961. The standard InChI is InChI=1S/C22H25N3O3/c1-25-19-6-4-3-5-17(19)15-20(25)22(27)24-14-13-23-21(26)12-9-16-7-10-18(28-2)11-8-16/h3-8,10-11,15H,9,12-14H2,1-2H3,(H,23,26)(H,24,27). The van der Waals surface area contributed by atoms with E-state index in [1.165, 1.54) is 0 Å². The third-order valence-electron chi connectivity index (χ3n) is 4.72. The number of rotatable bonds is 8. The maximum Gasteiger partial charge on any atom is 0.267 e. The van der Waals surface area contributed by atoms with Gasteiger partial charge in [-0.3, -0.25) is 9.59 Å². The van der Waals surface area contributed by atoms with Gasteiger partial charge in [0.05, 0.1) is 7.11 Å². The highest BCUT2D eigenvalue weighted by Gasteiger charge is 2.12. The maximum atomic E-state index is 12.4. The molecular formula is C22H25N3O3. The van der Waals surface area contributed by atoms with E-state index >= 15 is 0 Å². The molecule has 6 heteroatoms. The zero-order valence-corrected chi connectivity index (χ0v) is 16.2. The third kappa shape index (κ3) is 4.71. The summed E-state index contributed by atoms with van der Waals surface area (Å²) in [7, 11) is 3.50. The molecule has 0 unspecified atom stereocenters. The van der Waals surface area contributed by atoms with E-state index in [1.54, 1.807) is 7.11 Å². The third-order valence-corrected chi connectivity index (χ3v) is 4.72. The topological polar surface area (TPSA) is 72.4 Å². The summed E-state index contributed by atoms with van der Waals surface area (Å²) in [6, 6.07) is 17.4. The van der Waals surface area contributed by atoms with Crippen LogP contribution in [-0.2, 0) is 18.3 Å². The van der Waals surface area contributed by atoms with Crippen molar-refractivity contribution in [2.45, 2.75) is 12.8 Å². The fraction of sp³-hybridized carbons (Fsp3) is 0.273. The molecule has 2 N–H and O–H groups in total. The number of para-hydroxylation sites is 1. The lowest BCUT2D eigenvalue weighted by atomic mass is 10.1. The minimum absolute atomic E-state index is 0.0327. The molecule has 3 aromatic rings. The Hall–Kier alpha value is -3.28. The number of hydrogen-bond acceptors (Lipinski definition) is 3. The van der Waals surface area contributed by atoms with Gasteiger partial charge in [0.1, 0.15) is 11.4 Å². The number of benzene rings is 2. The lowest BCUT2D eigenvalue weighted by Crippen LogP contribution is -2.35. The van der Waals surface area contributed by atoms with Crippen molar-refractivity contribution in [1.29, 1.82) is 0 Å². The first-order valence-corrected chi connectivity index (χ1v) is 9.31. The first kappa shape index (κ1) is 19.5. The van der Waals surface area contributed by atoms with E-state index in [-0.39, 0.29) is 11.8 Å². The van der Waals surface area contributed by atoms with Crippen molar-refractivity contribution in [3.8, 4) is 5.75 Å². The number of carbonyl (C=O) groups excluding carboxylic acids is 2. The summed E-state index contributed by atoms with van der Waals surface area (Å²) in [5.41, 5.74) is 2.70. The van der Waals surface area contributed by atoms with Crippen molar-refractivity contribution >= 4 is 22.7 Å². The highest BCUT2D eigenvalue weighted by Crippen LogP contribution is 2.18. The summed E-state index contributed by atoms with van der Waals surface area (Å²) in [6.07, 6.45) is 1.07. The molecule has 0 spiro atoms. The fourth-order valence-corrected chi connectivity index (χ4v) is 3.11. The van der Waals surface area contributed by atoms with Crippen LogP contribution in [0, 0.1) is 0 Å². The number of ether oxygens (including phenoxy) is 1. The second-order valence-corrected chi connectivity index (χ2v) is 6.60. The van der Waals surface area contributed by atoms with Crippen molar-refractivity contribution in [3.63, 3.8) is 0 Å². The Kier molecular flexibility index (Phi) is 6.32. The average Bonchev–Trinajstić information content (AvgIpc) is 3.07. The molecule has 2 aromatic carbocycles. The van der Waals surface area contributed by atoms with Crippen LogP contribution in [-0.4, -0.2) is 36.6 Å². The second-order valence-electron chi connectivity index (χ2n) is 6.60. The summed E-state index contributed by atoms with van der Waals surface area (Å²) in [6.45, 7) is 0.783. The van der Waals surface area contributed by atoms with Gasteiger partial charge >= 0.3 is 0 Å². The number of methoxy groups -OCH3 is 1. The lowest BCUT2D eigenvalue weighted by Gasteiger charge is -2.08.